The molecule has 0 aliphatic rings. The largest absolute Gasteiger partial charge is 0.360 e. The second kappa shape index (κ2) is 6.99. The molecule has 2 heterocycles. The standard InChI is InChI=1S/C17H19N5O2/c1-12-8-16(21-24-12)20-17(23)19-10-14-4-3-5-15(9-14)11-22-7-6-18-13(22)2/h3-9H,10-11H2,1-2H3,(H2,19,20,21,23). The minimum Gasteiger partial charge on any atom is -0.360 e. The van der Waals surface area contributed by atoms with Gasteiger partial charge in [-0.05, 0) is 25.0 Å². The Morgan fingerprint density at radius 1 is 1.25 bits per heavy atom. The van der Waals surface area contributed by atoms with E-state index in [4.69, 9.17) is 4.52 Å². The molecular formula is C17H19N5O2. The zero-order chi connectivity index (χ0) is 16.9. The molecule has 124 valence electrons. The molecule has 0 radical (unpaired) electrons. The molecule has 0 aliphatic carbocycles. The van der Waals surface area contributed by atoms with E-state index in [1.807, 2.05) is 25.3 Å². The van der Waals surface area contributed by atoms with Gasteiger partial charge in [-0.2, -0.15) is 0 Å². The number of benzene rings is 1. The van der Waals surface area contributed by atoms with Crippen LogP contribution in [0.2, 0.25) is 0 Å². The Balaban J connectivity index is 1.56. The number of rotatable bonds is 5. The molecule has 0 saturated heterocycles. The van der Waals surface area contributed by atoms with Crippen molar-refractivity contribution >= 4 is 11.8 Å². The molecule has 0 saturated carbocycles. The Morgan fingerprint density at radius 3 is 2.79 bits per heavy atom. The maximum atomic E-state index is 11.9. The first-order valence-electron chi connectivity index (χ1n) is 7.64. The van der Waals surface area contributed by atoms with E-state index >= 15 is 0 Å². The summed E-state index contributed by atoms with van der Waals surface area (Å²) >= 11 is 0. The number of anilines is 1. The molecule has 24 heavy (non-hydrogen) atoms. The molecule has 3 rings (SSSR count). The predicted octanol–water partition coefficient (Wildman–Crippen LogP) is 2.86. The van der Waals surface area contributed by atoms with Gasteiger partial charge in [0.15, 0.2) is 5.82 Å². The predicted molar refractivity (Wildman–Crippen MR) is 89.6 cm³/mol. The van der Waals surface area contributed by atoms with Gasteiger partial charge in [0, 0.05) is 31.5 Å². The first-order valence-corrected chi connectivity index (χ1v) is 7.64. The van der Waals surface area contributed by atoms with Crippen molar-refractivity contribution in [2.75, 3.05) is 5.32 Å². The third-order valence-corrected chi connectivity index (χ3v) is 3.59. The number of imidazole rings is 1. The van der Waals surface area contributed by atoms with E-state index in [9.17, 15) is 4.79 Å². The molecule has 1 aromatic carbocycles. The Morgan fingerprint density at radius 2 is 2.08 bits per heavy atom. The molecule has 7 heteroatoms. The summed E-state index contributed by atoms with van der Waals surface area (Å²) in [5.41, 5.74) is 2.18. The molecular weight excluding hydrogens is 306 g/mol. The highest BCUT2D eigenvalue weighted by molar-refractivity contribution is 5.88. The zero-order valence-electron chi connectivity index (χ0n) is 13.6. The zero-order valence-corrected chi connectivity index (χ0v) is 13.6. The lowest BCUT2D eigenvalue weighted by molar-refractivity contribution is 0.251. The van der Waals surface area contributed by atoms with Crippen LogP contribution < -0.4 is 10.6 Å². The first-order chi connectivity index (χ1) is 11.6. The number of urea groups is 1. The van der Waals surface area contributed by atoms with E-state index in [2.05, 4.69) is 37.5 Å². The molecule has 7 nitrogen and oxygen atoms in total. The number of amides is 2. The molecule has 0 fully saturated rings. The molecule has 0 unspecified atom stereocenters. The fraction of sp³-hybridized carbons (Fsp3) is 0.235. The van der Waals surface area contributed by atoms with Crippen LogP contribution in [0.3, 0.4) is 0 Å². The summed E-state index contributed by atoms with van der Waals surface area (Å²) in [4.78, 5) is 16.1. The smallest absolute Gasteiger partial charge is 0.320 e. The first kappa shape index (κ1) is 15.8. The maximum Gasteiger partial charge on any atom is 0.320 e. The van der Waals surface area contributed by atoms with Crippen LogP contribution in [-0.4, -0.2) is 20.7 Å². The molecule has 0 bridgehead atoms. The Bertz CT molecular complexity index is 837. The van der Waals surface area contributed by atoms with Crippen molar-refractivity contribution in [3.05, 3.63) is 65.4 Å². The van der Waals surface area contributed by atoms with Crippen LogP contribution in [0, 0.1) is 13.8 Å². The fourth-order valence-electron chi connectivity index (χ4n) is 2.37. The normalized spacial score (nSPS) is 10.6. The van der Waals surface area contributed by atoms with Gasteiger partial charge in [-0.15, -0.1) is 0 Å². The Labute approximate surface area is 139 Å². The van der Waals surface area contributed by atoms with E-state index in [1.54, 1.807) is 19.2 Å². The number of hydrogen-bond acceptors (Lipinski definition) is 4. The van der Waals surface area contributed by atoms with Crippen molar-refractivity contribution in [2.24, 2.45) is 0 Å². The molecule has 2 amide bonds. The number of hydrogen-bond donors (Lipinski definition) is 2. The third-order valence-electron chi connectivity index (χ3n) is 3.59. The fourth-order valence-corrected chi connectivity index (χ4v) is 2.37. The van der Waals surface area contributed by atoms with Crippen LogP contribution >= 0.6 is 0 Å². The lowest BCUT2D eigenvalue weighted by Crippen LogP contribution is -2.28. The number of aromatic nitrogens is 3. The van der Waals surface area contributed by atoms with Gasteiger partial charge in [0.2, 0.25) is 0 Å². The highest BCUT2D eigenvalue weighted by Crippen LogP contribution is 2.09. The second-order valence-corrected chi connectivity index (χ2v) is 5.55. The summed E-state index contributed by atoms with van der Waals surface area (Å²) in [6.45, 7) is 4.93. The highest BCUT2D eigenvalue weighted by Gasteiger charge is 2.06. The summed E-state index contributed by atoms with van der Waals surface area (Å²) in [6, 6.07) is 9.43. The third kappa shape index (κ3) is 4.01. The lowest BCUT2D eigenvalue weighted by atomic mass is 10.1. The van der Waals surface area contributed by atoms with Gasteiger partial charge in [-0.1, -0.05) is 29.4 Å². The molecule has 0 aliphatic heterocycles. The van der Waals surface area contributed by atoms with Gasteiger partial charge in [0.25, 0.3) is 0 Å². The van der Waals surface area contributed by atoms with Crippen LogP contribution in [0.5, 0.6) is 0 Å². The monoisotopic (exact) mass is 325 g/mol. The van der Waals surface area contributed by atoms with Crippen molar-refractivity contribution in [3.63, 3.8) is 0 Å². The number of carbonyl (C=O) groups excluding carboxylic acids is 1. The SMILES string of the molecule is Cc1cc(NC(=O)NCc2cccc(Cn3ccnc3C)c2)no1. The summed E-state index contributed by atoms with van der Waals surface area (Å²) in [5, 5.41) is 9.15. The number of nitrogens with one attached hydrogen (secondary N) is 2. The Hall–Kier alpha value is -3.09. The van der Waals surface area contributed by atoms with Crippen LogP contribution in [0.1, 0.15) is 22.7 Å². The quantitative estimate of drug-likeness (QED) is 0.755. The maximum absolute atomic E-state index is 11.9. The topological polar surface area (TPSA) is 85.0 Å². The van der Waals surface area contributed by atoms with Crippen molar-refractivity contribution in [3.8, 4) is 0 Å². The van der Waals surface area contributed by atoms with Crippen LogP contribution in [0.25, 0.3) is 0 Å². The number of aryl methyl sites for hydroxylation is 2. The van der Waals surface area contributed by atoms with Crippen molar-refractivity contribution in [1.29, 1.82) is 0 Å². The van der Waals surface area contributed by atoms with Crippen molar-refractivity contribution in [1.82, 2.24) is 20.0 Å². The van der Waals surface area contributed by atoms with E-state index < -0.39 is 0 Å². The molecule has 3 aromatic rings. The molecule has 0 atom stereocenters. The van der Waals surface area contributed by atoms with Crippen LogP contribution in [0.4, 0.5) is 10.6 Å². The van der Waals surface area contributed by atoms with Crippen LogP contribution in [-0.2, 0) is 13.1 Å². The van der Waals surface area contributed by atoms with E-state index in [-0.39, 0.29) is 6.03 Å². The van der Waals surface area contributed by atoms with Crippen molar-refractivity contribution < 1.29 is 9.32 Å². The number of carbonyl (C=O) groups is 1. The second-order valence-electron chi connectivity index (χ2n) is 5.55. The van der Waals surface area contributed by atoms with Gasteiger partial charge >= 0.3 is 6.03 Å². The average Bonchev–Trinajstić information content (AvgIpc) is 3.15. The van der Waals surface area contributed by atoms with E-state index in [0.717, 1.165) is 23.5 Å². The minimum absolute atomic E-state index is 0.320. The van der Waals surface area contributed by atoms with Crippen LogP contribution in [0.15, 0.2) is 47.2 Å². The average molecular weight is 325 g/mol. The summed E-state index contributed by atoms with van der Waals surface area (Å²) in [7, 11) is 0. The Kier molecular flexibility index (Phi) is 4.60. The molecule has 2 N–H and O–H groups in total. The van der Waals surface area contributed by atoms with Gasteiger partial charge < -0.3 is 14.4 Å². The van der Waals surface area contributed by atoms with Gasteiger partial charge in [0.05, 0.1) is 0 Å². The highest BCUT2D eigenvalue weighted by atomic mass is 16.5. The summed E-state index contributed by atoms with van der Waals surface area (Å²) < 4.78 is 6.98. The lowest BCUT2D eigenvalue weighted by Gasteiger charge is -2.09. The van der Waals surface area contributed by atoms with Gasteiger partial charge in [-0.25, -0.2) is 9.78 Å². The summed E-state index contributed by atoms with van der Waals surface area (Å²) in [6.07, 6.45) is 3.74. The number of nitrogens with zero attached hydrogens (tertiary/aromatic N) is 3. The minimum atomic E-state index is -0.320. The molecule has 2 aromatic heterocycles. The molecule has 0 spiro atoms. The van der Waals surface area contributed by atoms with Gasteiger partial charge in [-0.3, -0.25) is 5.32 Å². The van der Waals surface area contributed by atoms with Crippen molar-refractivity contribution in [2.45, 2.75) is 26.9 Å². The van der Waals surface area contributed by atoms with Gasteiger partial charge in [0.1, 0.15) is 11.6 Å². The van der Waals surface area contributed by atoms with E-state index in [1.165, 1.54) is 0 Å². The summed E-state index contributed by atoms with van der Waals surface area (Å²) in [5.74, 6) is 2.02. The van der Waals surface area contributed by atoms with E-state index in [0.29, 0.717) is 18.1 Å².